The SMILES string of the molecule is COc1cc(/C=N\NC(=O)Cc2ccc([N+](=O)[O-])cc2)cc(I)c1OCc1cccc2ccccc12. The predicted octanol–water partition coefficient (Wildman–Crippen LogP) is 5.63. The molecule has 8 nitrogen and oxygen atoms in total. The molecule has 0 unspecified atom stereocenters. The number of halogens is 1. The van der Waals surface area contributed by atoms with Crippen LogP contribution < -0.4 is 14.9 Å². The van der Waals surface area contributed by atoms with Crippen molar-refractivity contribution in [2.75, 3.05) is 7.11 Å². The summed E-state index contributed by atoms with van der Waals surface area (Å²) >= 11 is 2.18. The Labute approximate surface area is 221 Å². The van der Waals surface area contributed by atoms with Crippen molar-refractivity contribution in [3.8, 4) is 11.5 Å². The largest absolute Gasteiger partial charge is 0.493 e. The van der Waals surface area contributed by atoms with Gasteiger partial charge in [0.15, 0.2) is 11.5 Å². The number of benzene rings is 4. The molecule has 36 heavy (non-hydrogen) atoms. The van der Waals surface area contributed by atoms with Crippen LogP contribution in [0, 0.1) is 13.7 Å². The molecule has 0 aliphatic rings. The van der Waals surface area contributed by atoms with Crippen LogP contribution in [-0.4, -0.2) is 24.2 Å². The Hall–Kier alpha value is -3.99. The molecule has 9 heteroatoms. The number of ether oxygens (including phenoxy) is 2. The summed E-state index contributed by atoms with van der Waals surface area (Å²) in [5.41, 5.74) is 4.90. The highest BCUT2D eigenvalue weighted by Gasteiger charge is 2.13. The van der Waals surface area contributed by atoms with Crippen molar-refractivity contribution in [2.24, 2.45) is 5.10 Å². The van der Waals surface area contributed by atoms with Crippen molar-refractivity contribution < 1.29 is 19.2 Å². The number of hydrogen-bond donors (Lipinski definition) is 1. The summed E-state index contributed by atoms with van der Waals surface area (Å²) in [5, 5.41) is 17.1. The maximum Gasteiger partial charge on any atom is 0.269 e. The maximum absolute atomic E-state index is 12.2. The first-order valence-electron chi connectivity index (χ1n) is 11.0. The summed E-state index contributed by atoms with van der Waals surface area (Å²) in [6.07, 6.45) is 1.57. The molecule has 4 aromatic carbocycles. The van der Waals surface area contributed by atoms with Gasteiger partial charge in [-0.05, 0) is 62.2 Å². The number of carbonyl (C=O) groups excluding carboxylic acids is 1. The van der Waals surface area contributed by atoms with E-state index in [1.807, 2.05) is 30.3 Å². The second-order valence-electron chi connectivity index (χ2n) is 7.85. The van der Waals surface area contributed by atoms with E-state index in [2.05, 4.69) is 51.3 Å². The topological polar surface area (TPSA) is 103 Å². The molecule has 0 aromatic heterocycles. The summed E-state index contributed by atoms with van der Waals surface area (Å²) in [5.74, 6) is 0.850. The van der Waals surface area contributed by atoms with Gasteiger partial charge in [-0.1, -0.05) is 54.6 Å². The van der Waals surface area contributed by atoms with Gasteiger partial charge in [-0.3, -0.25) is 14.9 Å². The number of carbonyl (C=O) groups is 1. The molecular weight excluding hydrogens is 573 g/mol. The van der Waals surface area contributed by atoms with E-state index in [1.54, 1.807) is 25.3 Å². The summed E-state index contributed by atoms with van der Waals surface area (Å²) in [6, 6.07) is 23.8. The standard InChI is InChI=1S/C27H22IN3O5/c1-35-25-14-19(16-29-30-26(32)15-18-9-11-22(12-10-18)31(33)34)13-24(28)27(25)36-17-21-7-4-6-20-5-2-3-8-23(20)21/h2-14,16H,15,17H2,1H3,(H,30,32)/b29-16-. The average molecular weight is 595 g/mol. The lowest BCUT2D eigenvalue weighted by molar-refractivity contribution is -0.384. The van der Waals surface area contributed by atoms with E-state index in [1.165, 1.54) is 18.3 Å². The molecule has 1 N–H and O–H groups in total. The van der Waals surface area contributed by atoms with Crippen LogP contribution in [-0.2, 0) is 17.8 Å². The molecule has 0 saturated carbocycles. The summed E-state index contributed by atoms with van der Waals surface area (Å²) in [7, 11) is 1.57. The molecule has 0 saturated heterocycles. The van der Waals surface area contributed by atoms with Gasteiger partial charge in [0, 0.05) is 12.1 Å². The second-order valence-corrected chi connectivity index (χ2v) is 9.02. The quantitative estimate of drug-likeness (QED) is 0.117. The number of amides is 1. The third-order valence-electron chi connectivity index (χ3n) is 5.42. The van der Waals surface area contributed by atoms with Crippen LogP contribution in [0.15, 0.2) is 84.0 Å². The van der Waals surface area contributed by atoms with Crippen LogP contribution in [0.2, 0.25) is 0 Å². The highest BCUT2D eigenvalue weighted by atomic mass is 127. The summed E-state index contributed by atoms with van der Waals surface area (Å²) < 4.78 is 12.5. The van der Waals surface area contributed by atoms with E-state index in [0.717, 1.165) is 25.5 Å². The molecule has 4 aromatic rings. The zero-order valence-corrected chi connectivity index (χ0v) is 21.5. The highest BCUT2D eigenvalue weighted by Crippen LogP contribution is 2.34. The van der Waals surface area contributed by atoms with Crippen molar-refractivity contribution in [2.45, 2.75) is 13.0 Å². The molecule has 1 amide bonds. The summed E-state index contributed by atoms with van der Waals surface area (Å²) in [4.78, 5) is 22.4. The minimum absolute atomic E-state index is 0.0229. The Bertz CT molecular complexity index is 1430. The van der Waals surface area contributed by atoms with Gasteiger partial charge in [-0.15, -0.1) is 0 Å². The number of non-ortho nitro benzene ring substituents is 1. The summed E-state index contributed by atoms with van der Waals surface area (Å²) in [6.45, 7) is 0.389. The Morgan fingerprint density at radius 3 is 2.58 bits per heavy atom. The first-order valence-corrected chi connectivity index (χ1v) is 12.0. The van der Waals surface area contributed by atoms with Gasteiger partial charge in [-0.2, -0.15) is 5.10 Å². The minimum Gasteiger partial charge on any atom is -0.493 e. The first-order chi connectivity index (χ1) is 17.4. The monoisotopic (exact) mass is 595 g/mol. The van der Waals surface area contributed by atoms with Crippen LogP contribution in [0.4, 0.5) is 5.69 Å². The molecular formula is C27H22IN3O5. The van der Waals surface area contributed by atoms with Crippen molar-refractivity contribution in [3.63, 3.8) is 0 Å². The van der Waals surface area contributed by atoms with Gasteiger partial charge < -0.3 is 9.47 Å². The number of nitrogens with one attached hydrogen (secondary N) is 1. The lowest BCUT2D eigenvalue weighted by Crippen LogP contribution is -2.19. The van der Waals surface area contributed by atoms with Crippen molar-refractivity contribution in [3.05, 3.63) is 109 Å². The molecule has 0 heterocycles. The van der Waals surface area contributed by atoms with E-state index in [0.29, 0.717) is 23.7 Å². The van der Waals surface area contributed by atoms with Crippen molar-refractivity contribution >= 4 is 51.2 Å². The molecule has 0 bridgehead atoms. The minimum atomic E-state index is -0.482. The normalized spacial score (nSPS) is 10.9. The van der Waals surface area contributed by atoms with E-state index < -0.39 is 4.92 Å². The van der Waals surface area contributed by atoms with Crippen LogP contribution in [0.5, 0.6) is 11.5 Å². The van der Waals surface area contributed by atoms with Gasteiger partial charge in [0.25, 0.3) is 5.69 Å². The number of rotatable bonds is 9. The fourth-order valence-corrected chi connectivity index (χ4v) is 4.44. The number of methoxy groups -OCH3 is 1. The van der Waals surface area contributed by atoms with Gasteiger partial charge in [-0.25, -0.2) is 5.43 Å². The van der Waals surface area contributed by atoms with Gasteiger partial charge in [0.2, 0.25) is 5.91 Å². The zero-order valence-electron chi connectivity index (χ0n) is 19.3. The molecule has 0 spiro atoms. The Morgan fingerprint density at radius 1 is 1.08 bits per heavy atom. The molecule has 182 valence electrons. The first kappa shape index (κ1) is 25.1. The average Bonchev–Trinajstić information content (AvgIpc) is 2.88. The smallest absolute Gasteiger partial charge is 0.269 e. The van der Waals surface area contributed by atoms with E-state index in [9.17, 15) is 14.9 Å². The predicted molar refractivity (Wildman–Crippen MR) is 147 cm³/mol. The van der Waals surface area contributed by atoms with E-state index in [-0.39, 0.29) is 18.0 Å². The number of nitrogens with zero attached hydrogens (tertiary/aromatic N) is 2. The lowest BCUT2D eigenvalue weighted by Gasteiger charge is -2.14. The van der Waals surface area contributed by atoms with Gasteiger partial charge in [0.05, 0.1) is 28.2 Å². The van der Waals surface area contributed by atoms with Crippen molar-refractivity contribution in [1.29, 1.82) is 0 Å². The molecule has 0 fully saturated rings. The van der Waals surface area contributed by atoms with Crippen LogP contribution in [0.3, 0.4) is 0 Å². The van der Waals surface area contributed by atoms with E-state index in [4.69, 9.17) is 9.47 Å². The molecule has 4 rings (SSSR count). The maximum atomic E-state index is 12.2. The number of fused-ring (bicyclic) bond motifs is 1. The lowest BCUT2D eigenvalue weighted by atomic mass is 10.1. The van der Waals surface area contributed by atoms with Crippen LogP contribution in [0.1, 0.15) is 16.7 Å². The zero-order chi connectivity index (χ0) is 25.5. The molecule has 0 aliphatic carbocycles. The Balaban J connectivity index is 1.40. The highest BCUT2D eigenvalue weighted by molar-refractivity contribution is 14.1. The van der Waals surface area contributed by atoms with E-state index >= 15 is 0 Å². The number of nitro benzene ring substituents is 1. The third kappa shape index (κ3) is 6.16. The number of hydrazone groups is 1. The fourth-order valence-electron chi connectivity index (χ4n) is 3.66. The Kier molecular flexibility index (Phi) is 8.11. The van der Waals surface area contributed by atoms with Gasteiger partial charge >= 0.3 is 0 Å². The Morgan fingerprint density at radius 2 is 1.83 bits per heavy atom. The van der Waals surface area contributed by atoms with Crippen LogP contribution >= 0.6 is 22.6 Å². The molecule has 0 atom stereocenters. The molecule has 0 radical (unpaired) electrons. The number of nitro groups is 1. The third-order valence-corrected chi connectivity index (χ3v) is 6.22. The molecule has 0 aliphatic heterocycles. The second kappa shape index (κ2) is 11.6. The van der Waals surface area contributed by atoms with Gasteiger partial charge in [0.1, 0.15) is 6.61 Å². The fraction of sp³-hybridized carbons (Fsp3) is 0.111. The number of hydrogen-bond acceptors (Lipinski definition) is 6. The van der Waals surface area contributed by atoms with Crippen molar-refractivity contribution in [1.82, 2.24) is 5.43 Å². The van der Waals surface area contributed by atoms with Crippen LogP contribution in [0.25, 0.3) is 10.8 Å².